The molecule has 0 N–H and O–H groups in total. The van der Waals surface area contributed by atoms with Crippen molar-refractivity contribution in [1.29, 1.82) is 0 Å². The van der Waals surface area contributed by atoms with E-state index in [9.17, 15) is 8.42 Å². The average molecular weight is 466 g/mol. The van der Waals surface area contributed by atoms with Crippen molar-refractivity contribution in [2.45, 2.75) is 31.2 Å². The first-order chi connectivity index (χ1) is 16.0. The van der Waals surface area contributed by atoms with Crippen LogP contribution < -0.4 is 13.7 Å². The Morgan fingerprint density at radius 2 is 1.70 bits per heavy atom. The van der Waals surface area contributed by atoms with E-state index in [-0.39, 0.29) is 17.5 Å². The zero-order chi connectivity index (χ0) is 23.0. The zero-order valence-corrected chi connectivity index (χ0v) is 19.6. The summed E-state index contributed by atoms with van der Waals surface area (Å²) in [6, 6.07) is 19.3. The molecule has 0 aliphatic carbocycles. The van der Waals surface area contributed by atoms with E-state index in [4.69, 9.17) is 13.7 Å². The van der Waals surface area contributed by atoms with Crippen LogP contribution >= 0.6 is 0 Å². The number of ether oxygens (including phenoxy) is 2. The second kappa shape index (κ2) is 8.72. The predicted molar refractivity (Wildman–Crippen MR) is 126 cm³/mol. The molecule has 0 saturated heterocycles. The smallest absolute Gasteiger partial charge is 0.313 e. The van der Waals surface area contributed by atoms with Gasteiger partial charge in [-0.2, -0.15) is 8.42 Å². The van der Waals surface area contributed by atoms with Gasteiger partial charge >= 0.3 is 10.1 Å². The Morgan fingerprint density at radius 1 is 0.909 bits per heavy atom. The third-order valence-electron chi connectivity index (χ3n) is 6.49. The van der Waals surface area contributed by atoms with E-state index < -0.39 is 10.1 Å². The number of rotatable bonds is 6. The highest BCUT2D eigenvalue weighted by atomic mass is 32.2. The Kier molecular flexibility index (Phi) is 5.76. The number of hydrogen-bond donors (Lipinski definition) is 0. The summed E-state index contributed by atoms with van der Waals surface area (Å²) < 4.78 is 42.0. The lowest BCUT2D eigenvalue weighted by atomic mass is 9.84. The lowest BCUT2D eigenvalue weighted by Gasteiger charge is -2.41. The second-order valence-corrected chi connectivity index (χ2v) is 10.1. The van der Waals surface area contributed by atoms with Crippen LogP contribution in [0.5, 0.6) is 17.2 Å². The maximum Gasteiger partial charge on any atom is 0.313 e. The first-order valence-electron chi connectivity index (χ1n) is 11.0. The third kappa shape index (κ3) is 4.43. The molecule has 2 aliphatic heterocycles. The molecule has 0 saturated carbocycles. The Hall–Kier alpha value is -3.03. The molecule has 1 atom stereocenters. The molecule has 2 heterocycles. The molecule has 0 radical (unpaired) electrons. The van der Waals surface area contributed by atoms with Crippen LogP contribution in [0.4, 0.5) is 0 Å². The summed E-state index contributed by atoms with van der Waals surface area (Å²) in [5.41, 5.74) is 5.54. The molecule has 5 rings (SSSR count). The van der Waals surface area contributed by atoms with Crippen LogP contribution in [0, 0.1) is 0 Å². The summed E-state index contributed by atoms with van der Waals surface area (Å²) in [6.07, 6.45) is 1.77. The Labute approximate surface area is 194 Å². The van der Waals surface area contributed by atoms with Crippen LogP contribution in [0.25, 0.3) is 0 Å². The van der Waals surface area contributed by atoms with E-state index in [1.165, 1.54) is 18.2 Å². The highest BCUT2D eigenvalue weighted by molar-refractivity contribution is 7.86. The predicted octanol–water partition coefficient (Wildman–Crippen LogP) is 4.27. The third-order valence-corrected chi connectivity index (χ3v) is 7.61. The molecule has 7 heteroatoms. The number of benzene rings is 3. The van der Waals surface area contributed by atoms with Gasteiger partial charge in [-0.25, -0.2) is 0 Å². The van der Waals surface area contributed by atoms with Gasteiger partial charge in [0, 0.05) is 19.1 Å². The summed E-state index contributed by atoms with van der Waals surface area (Å²) in [7, 11) is -0.606. The zero-order valence-electron chi connectivity index (χ0n) is 18.8. The van der Waals surface area contributed by atoms with E-state index in [0.29, 0.717) is 11.3 Å². The van der Waals surface area contributed by atoms with Gasteiger partial charge in [0.05, 0.1) is 14.2 Å². The van der Waals surface area contributed by atoms with Gasteiger partial charge in [-0.3, -0.25) is 4.90 Å². The molecule has 0 spiro atoms. The molecule has 0 fully saturated rings. The number of nitrogens with zero attached hydrogens (tertiary/aromatic N) is 1. The van der Waals surface area contributed by atoms with Gasteiger partial charge in [0.15, 0.2) is 11.5 Å². The van der Waals surface area contributed by atoms with Gasteiger partial charge in [0.2, 0.25) is 0 Å². The Balaban J connectivity index is 1.44. The first-order valence-corrected chi connectivity index (χ1v) is 12.6. The van der Waals surface area contributed by atoms with E-state index in [1.54, 1.807) is 19.2 Å². The monoisotopic (exact) mass is 465 g/mol. The molecule has 0 amide bonds. The minimum Gasteiger partial charge on any atom is -0.497 e. The number of fused-ring (bicyclic) bond motifs is 4. The first kappa shape index (κ1) is 21.8. The number of methoxy groups -OCH3 is 2. The SMILES string of the molecule is COc1ccc2c(c1)CCN1Cc3cc(OC)c(OS(=O)(=O)Cc4ccccc4)cc3CC21. The highest BCUT2D eigenvalue weighted by Gasteiger charge is 2.33. The van der Waals surface area contributed by atoms with Crippen molar-refractivity contribution in [3.63, 3.8) is 0 Å². The minimum absolute atomic E-state index is 0.195. The van der Waals surface area contributed by atoms with Crippen LogP contribution in [0.2, 0.25) is 0 Å². The summed E-state index contributed by atoms with van der Waals surface area (Å²) in [5, 5.41) is 0. The van der Waals surface area contributed by atoms with E-state index >= 15 is 0 Å². The van der Waals surface area contributed by atoms with Crippen LogP contribution in [0.3, 0.4) is 0 Å². The fourth-order valence-electron chi connectivity index (χ4n) is 4.87. The van der Waals surface area contributed by atoms with Crippen molar-refractivity contribution in [2.24, 2.45) is 0 Å². The topological polar surface area (TPSA) is 65.1 Å². The highest BCUT2D eigenvalue weighted by Crippen LogP contribution is 2.42. The van der Waals surface area contributed by atoms with Crippen LogP contribution in [-0.4, -0.2) is 34.1 Å². The summed E-state index contributed by atoms with van der Waals surface area (Å²) in [5.74, 6) is 1.36. The standard InChI is InChI=1S/C26H27NO5S/c1-30-22-8-9-23-19(12-22)10-11-27-16-21-15-25(31-2)26(14-20(21)13-24(23)27)32-33(28,29)17-18-6-4-3-5-7-18/h3-9,12,14-15,24H,10-11,13,16-17H2,1-2H3. The van der Waals surface area contributed by atoms with Crippen LogP contribution in [0.15, 0.2) is 60.7 Å². The quantitative estimate of drug-likeness (QED) is 0.507. The van der Waals surface area contributed by atoms with Gasteiger partial charge in [0.1, 0.15) is 11.5 Å². The largest absolute Gasteiger partial charge is 0.497 e. The van der Waals surface area contributed by atoms with E-state index in [2.05, 4.69) is 17.0 Å². The molecule has 1 unspecified atom stereocenters. The minimum atomic E-state index is -3.83. The van der Waals surface area contributed by atoms with Crippen molar-refractivity contribution in [3.05, 3.63) is 88.5 Å². The van der Waals surface area contributed by atoms with Crippen LogP contribution in [-0.2, 0) is 35.3 Å². The van der Waals surface area contributed by atoms with Crippen molar-refractivity contribution in [3.8, 4) is 17.2 Å². The fraction of sp³-hybridized carbons (Fsp3) is 0.308. The maximum absolute atomic E-state index is 12.8. The second-order valence-electron chi connectivity index (χ2n) is 8.55. The number of hydrogen-bond acceptors (Lipinski definition) is 6. The molecule has 3 aromatic carbocycles. The Morgan fingerprint density at radius 3 is 2.45 bits per heavy atom. The van der Waals surface area contributed by atoms with Gasteiger partial charge in [-0.05, 0) is 64.9 Å². The lowest BCUT2D eigenvalue weighted by Crippen LogP contribution is -2.39. The molecular formula is C26H27NO5S. The van der Waals surface area contributed by atoms with Crippen molar-refractivity contribution >= 4 is 10.1 Å². The van der Waals surface area contributed by atoms with Gasteiger partial charge < -0.3 is 13.7 Å². The molecule has 6 nitrogen and oxygen atoms in total. The average Bonchev–Trinajstić information content (AvgIpc) is 2.82. The molecule has 0 bridgehead atoms. The normalized spacial score (nSPS) is 17.5. The summed E-state index contributed by atoms with van der Waals surface area (Å²) in [4.78, 5) is 2.48. The van der Waals surface area contributed by atoms with Gasteiger partial charge in [-0.1, -0.05) is 36.4 Å². The molecule has 3 aromatic rings. The van der Waals surface area contributed by atoms with Crippen molar-refractivity contribution in [2.75, 3.05) is 20.8 Å². The van der Waals surface area contributed by atoms with E-state index in [0.717, 1.165) is 42.8 Å². The summed E-state index contributed by atoms with van der Waals surface area (Å²) in [6.45, 7) is 1.76. The molecule has 33 heavy (non-hydrogen) atoms. The van der Waals surface area contributed by atoms with E-state index in [1.807, 2.05) is 36.4 Å². The van der Waals surface area contributed by atoms with Gasteiger partial charge in [0.25, 0.3) is 0 Å². The van der Waals surface area contributed by atoms with Gasteiger partial charge in [-0.15, -0.1) is 0 Å². The van der Waals surface area contributed by atoms with Crippen molar-refractivity contribution < 1.29 is 22.1 Å². The molecule has 172 valence electrons. The Bertz CT molecular complexity index is 1270. The maximum atomic E-state index is 12.8. The molecule has 0 aromatic heterocycles. The van der Waals surface area contributed by atoms with Crippen LogP contribution in [0.1, 0.15) is 33.9 Å². The molecular weight excluding hydrogens is 438 g/mol. The summed E-state index contributed by atoms with van der Waals surface area (Å²) >= 11 is 0. The van der Waals surface area contributed by atoms with Crippen molar-refractivity contribution in [1.82, 2.24) is 4.90 Å². The fourth-order valence-corrected chi connectivity index (χ4v) is 5.94. The molecule has 2 aliphatic rings. The lowest BCUT2D eigenvalue weighted by molar-refractivity contribution is 0.160.